The summed E-state index contributed by atoms with van der Waals surface area (Å²) in [7, 11) is 2.41. The number of quaternary nitrogens is 1. The van der Waals surface area contributed by atoms with E-state index in [2.05, 4.69) is 19.3 Å². The molecule has 0 unspecified atom stereocenters. The molecule has 0 saturated carbocycles. The third-order valence-electron chi connectivity index (χ3n) is 8.12. The van der Waals surface area contributed by atoms with E-state index >= 15 is 0 Å². The highest BCUT2D eigenvalue weighted by molar-refractivity contribution is 5.89. The fourth-order valence-electron chi connectivity index (χ4n) is 5.84. The molecule has 0 bridgehead atoms. The lowest BCUT2D eigenvalue weighted by molar-refractivity contribution is -0.914. The molecule has 4 rings (SSSR count). The topological polar surface area (TPSA) is 38.3 Å². The number of hydrogen-bond acceptors (Lipinski definition) is 2. The van der Waals surface area contributed by atoms with E-state index in [-0.39, 0.29) is 17.9 Å². The number of likely N-dealkylation sites (tertiary alicyclic amines) is 1. The summed E-state index contributed by atoms with van der Waals surface area (Å²) in [5.74, 6) is 1.38. The Morgan fingerprint density at radius 3 is 1.91 bits per heavy atom. The first kappa shape index (κ1) is 25.8. The first-order valence-electron chi connectivity index (χ1n) is 14.1. The predicted octanol–water partition coefficient (Wildman–Crippen LogP) is 7.18. The predicted molar refractivity (Wildman–Crippen MR) is 144 cm³/mol. The van der Waals surface area contributed by atoms with Crippen LogP contribution < -0.4 is 10.1 Å². The molecule has 2 aliphatic rings. The van der Waals surface area contributed by atoms with E-state index in [1.165, 1.54) is 64.3 Å². The van der Waals surface area contributed by atoms with Gasteiger partial charge in [-0.2, -0.15) is 0 Å². The van der Waals surface area contributed by atoms with E-state index in [1.807, 2.05) is 48.5 Å². The van der Waals surface area contributed by atoms with Crippen LogP contribution in [0.2, 0.25) is 0 Å². The Balaban J connectivity index is 1.23. The van der Waals surface area contributed by atoms with E-state index in [9.17, 15) is 4.79 Å². The molecule has 0 radical (unpaired) electrons. The number of carbonyl (C=O) groups is 1. The van der Waals surface area contributed by atoms with Gasteiger partial charge in [0, 0.05) is 30.0 Å². The summed E-state index contributed by atoms with van der Waals surface area (Å²) in [5.41, 5.74) is 1.93. The highest BCUT2D eigenvalue weighted by Crippen LogP contribution is 2.44. The van der Waals surface area contributed by atoms with E-state index in [0.717, 1.165) is 53.0 Å². The van der Waals surface area contributed by atoms with Gasteiger partial charge in [-0.1, -0.05) is 88.3 Å². The number of amides is 1. The van der Waals surface area contributed by atoms with Crippen LogP contribution in [0.1, 0.15) is 94.6 Å². The lowest BCUT2D eigenvalue weighted by atomic mass is 9.86. The molecule has 2 aliphatic heterocycles. The van der Waals surface area contributed by atoms with Gasteiger partial charge in [0.1, 0.15) is 11.5 Å². The number of para-hydroxylation sites is 2. The molecule has 1 saturated heterocycles. The van der Waals surface area contributed by atoms with Gasteiger partial charge in [-0.15, -0.1) is 0 Å². The van der Waals surface area contributed by atoms with Crippen molar-refractivity contribution in [1.82, 2.24) is 5.32 Å². The van der Waals surface area contributed by atoms with Crippen molar-refractivity contribution in [2.75, 3.05) is 26.7 Å². The van der Waals surface area contributed by atoms with Crippen LogP contribution in [0, 0.1) is 0 Å². The average molecular weight is 478 g/mol. The SMILES string of the molecule is CCCCCCCCCCC[N+]1(C)CCC(NC(=O)C2c3ccccc3Oc3ccccc32)CC1. The molecule has 1 amide bonds. The molecule has 2 heterocycles. The standard InChI is InChI=1S/C31H44N2O2/c1-3-4-5-6-7-8-9-10-15-22-33(2)23-20-25(21-24-33)32-31(34)30-26-16-11-13-18-28(26)35-29-19-14-12-17-27(29)30/h11-14,16-19,25,30H,3-10,15,20-24H2,1-2H3/p+1. The van der Waals surface area contributed by atoms with Gasteiger partial charge in [-0.3, -0.25) is 4.79 Å². The van der Waals surface area contributed by atoms with Crippen LogP contribution in [0.4, 0.5) is 0 Å². The second-order valence-electron chi connectivity index (χ2n) is 11.0. The van der Waals surface area contributed by atoms with Gasteiger partial charge >= 0.3 is 0 Å². The molecule has 0 atom stereocenters. The number of nitrogens with zero attached hydrogens (tertiary/aromatic N) is 1. The quantitative estimate of drug-likeness (QED) is 0.260. The van der Waals surface area contributed by atoms with Gasteiger partial charge in [0.25, 0.3) is 0 Å². The number of hydrogen-bond donors (Lipinski definition) is 1. The summed E-state index contributed by atoms with van der Waals surface area (Å²) in [6.07, 6.45) is 14.6. The molecule has 0 aliphatic carbocycles. The van der Waals surface area contributed by atoms with E-state index < -0.39 is 0 Å². The first-order chi connectivity index (χ1) is 17.1. The number of fused-ring (bicyclic) bond motifs is 2. The Morgan fingerprint density at radius 2 is 1.34 bits per heavy atom. The minimum absolute atomic E-state index is 0.105. The molecular formula is C31H45N2O2+. The summed E-state index contributed by atoms with van der Waals surface area (Å²) >= 11 is 0. The second-order valence-corrected chi connectivity index (χ2v) is 11.0. The van der Waals surface area contributed by atoms with Crippen molar-refractivity contribution in [3.63, 3.8) is 0 Å². The Labute approximate surface area is 212 Å². The van der Waals surface area contributed by atoms with Crippen LogP contribution >= 0.6 is 0 Å². The Kier molecular flexibility index (Phi) is 9.25. The summed E-state index contributed by atoms with van der Waals surface area (Å²) in [4.78, 5) is 13.5. The maximum absolute atomic E-state index is 13.5. The number of unbranched alkanes of at least 4 members (excludes halogenated alkanes) is 8. The van der Waals surface area contributed by atoms with Crippen molar-refractivity contribution in [1.29, 1.82) is 0 Å². The zero-order chi connectivity index (χ0) is 24.5. The van der Waals surface area contributed by atoms with Crippen molar-refractivity contribution in [2.24, 2.45) is 0 Å². The number of rotatable bonds is 12. The zero-order valence-electron chi connectivity index (χ0n) is 21.9. The molecule has 4 heteroatoms. The molecular weight excluding hydrogens is 432 g/mol. The van der Waals surface area contributed by atoms with E-state index in [0.29, 0.717) is 0 Å². The van der Waals surface area contributed by atoms with Gasteiger partial charge in [0.2, 0.25) is 5.91 Å². The number of nitrogens with one attached hydrogen (secondary N) is 1. The lowest BCUT2D eigenvalue weighted by Crippen LogP contribution is -2.55. The normalized spacial score (nSPS) is 21.6. The van der Waals surface area contributed by atoms with Crippen molar-refractivity contribution in [3.05, 3.63) is 59.7 Å². The van der Waals surface area contributed by atoms with Crippen LogP contribution in [-0.2, 0) is 4.79 Å². The smallest absolute Gasteiger partial charge is 0.232 e. The van der Waals surface area contributed by atoms with Gasteiger partial charge < -0.3 is 14.5 Å². The third-order valence-corrected chi connectivity index (χ3v) is 8.12. The number of benzene rings is 2. The Bertz CT molecular complexity index is 903. The van der Waals surface area contributed by atoms with E-state index in [1.54, 1.807) is 0 Å². The summed E-state index contributed by atoms with van der Waals surface area (Å²) < 4.78 is 7.23. The minimum Gasteiger partial charge on any atom is -0.457 e. The molecule has 2 aromatic rings. The van der Waals surface area contributed by atoms with Gasteiger partial charge in [0.05, 0.1) is 32.6 Å². The van der Waals surface area contributed by atoms with Gasteiger partial charge in [-0.05, 0) is 25.0 Å². The minimum atomic E-state index is -0.305. The van der Waals surface area contributed by atoms with Crippen LogP contribution in [0.25, 0.3) is 0 Å². The van der Waals surface area contributed by atoms with Crippen molar-refractivity contribution in [3.8, 4) is 11.5 Å². The third kappa shape index (κ3) is 6.88. The highest BCUT2D eigenvalue weighted by atomic mass is 16.5. The Hall–Kier alpha value is -2.33. The fourth-order valence-corrected chi connectivity index (χ4v) is 5.84. The average Bonchev–Trinajstić information content (AvgIpc) is 2.87. The highest BCUT2D eigenvalue weighted by Gasteiger charge is 2.35. The number of piperidine rings is 1. The van der Waals surface area contributed by atoms with Crippen LogP contribution in [-0.4, -0.2) is 43.1 Å². The number of ether oxygens (including phenoxy) is 1. The second kappa shape index (κ2) is 12.6. The maximum atomic E-state index is 13.5. The largest absolute Gasteiger partial charge is 0.457 e. The lowest BCUT2D eigenvalue weighted by Gasteiger charge is -2.41. The van der Waals surface area contributed by atoms with Crippen LogP contribution in [0.5, 0.6) is 11.5 Å². The zero-order valence-corrected chi connectivity index (χ0v) is 21.9. The van der Waals surface area contributed by atoms with E-state index in [4.69, 9.17) is 4.74 Å². The molecule has 190 valence electrons. The van der Waals surface area contributed by atoms with Crippen molar-refractivity contribution in [2.45, 2.75) is 89.5 Å². The molecule has 1 N–H and O–H groups in total. The van der Waals surface area contributed by atoms with Crippen LogP contribution in [0.15, 0.2) is 48.5 Å². The van der Waals surface area contributed by atoms with Crippen molar-refractivity contribution >= 4 is 5.91 Å². The number of carbonyl (C=O) groups excluding carboxylic acids is 1. The van der Waals surface area contributed by atoms with Gasteiger partial charge in [-0.25, -0.2) is 0 Å². The molecule has 35 heavy (non-hydrogen) atoms. The maximum Gasteiger partial charge on any atom is 0.232 e. The first-order valence-corrected chi connectivity index (χ1v) is 14.1. The summed E-state index contributed by atoms with van der Waals surface area (Å²) in [6, 6.07) is 16.1. The monoisotopic (exact) mass is 477 g/mol. The molecule has 0 spiro atoms. The molecule has 0 aromatic heterocycles. The molecule has 1 fully saturated rings. The summed E-state index contributed by atoms with van der Waals surface area (Å²) in [5, 5.41) is 3.41. The molecule has 2 aromatic carbocycles. The fraction of sp³-hybridized carbons (Fsp3) is 0.581. The molecule has 4 nitrogen and oxygen atoms in total. The van der Waals surface area contributed by atoms with Crippen LogP contribution in [0.3, 0.4) is 0 Å². The van der Waals surface area contributed by atoms with Gasteiger partial charge in [0.15, 0.2) is 0 Å². The Morgan fingerprint density at radius 1 is 0.829 bits per heavy atom. The summed E-state index contributed by atoms with van der Waals surface area (Å²) in [6.45, 7) is 5.87. The van der Waals surface area contributed by atoms with Crippen molar-refractivity contribution < 1.29 is 14.0 Å².